The van der Waals surface area contributed by atoms with E-state index in [-0.39, 0.29) is 39.6 Å². The number of benzene rings is 6. The maximum absolute atomic E-state index is 13.3. The number of nitrogens with zero attached hydrogens (tertiary/aromatic N) is 9. The third-order valence-corrected chi connectivity index (χ3v) is 20.5. The first-order valence-corrected chi connectivity index (χ1v) is 33.7. The molecule has 102 heavy (non-hydrogen) atoms. The molecule has 12 rings (SSSR count). The monoisotopic (exact) mass is 1420 g/mol. The molecule has 3 saturated heterocycles. The minimum absolute atomic E-state index is 0.0797. The van der Waals surface area contributed by atoms with Gasteiger partial charge in [-0.1, -0.05) is 126 Å². The van der Waals surface area contributed by atoms with Crippen molar-refractivity contribution in [2.24, 2.45) is 0 Å². The highest BCUT2D eigenvalue weighted by molar-refractivity contribution is 5.36. The van der Waals surface area contributed by atoms with Gasteiger partial charge >= 0.3 is 18.5 Å². The summed E-state index contributed by atoms with van der Waals surface area (Å²) in [6.45, 7) is 12.2. The minimum Gasteiger partial charge on any atom is -0.394 e. The molecule has 0 bridgehead atoms. The molecule has 6 heterocycles. The summed E-state index contributed by atoms with van der Waals surface area (Å²) in [4.78, 5) is 0. The Morgan fingerprint density at radius 2 is 0.608 bits per heavy atom. The third-order valence-electron chi connectivity index (χ3n) is 20.5. The fourth-order valence-electron chi connectivity index (χ4n) is 13.9. The van der Waals surface area contributed by atoms with Gasteiger partial charge in [-0.05, 0) is 150 Å². The van der Waals surface area contributed by atoms with Crippen LogP contribution in [-0.2, 0) is 66.0 Å². The molecule has 9 aromatic rings. The molecular formula is C75H87F9N12O6. The van der Waals surface area contributed by atoms with E-state index < -0.39 is 86.8 Å². The van der Waals surface area contributed by atoms with Crippen LogP contribution in [0.4, 0.5) is 39.5 Å². The van der Waals surface area contributed by atoms with Gasteiger partial charge in [0, 0.05) is 19.6 Å². The molecule has 3 aliphatic heterocycles. The molecule has 3 fully saturated rings. The Labute approximate surface area is 586 Å². The van der Waals surface area contributed by atoms with Gasteiger partial charge in [0.05, 0.1) is 108 Å². The fourth-order valence-corrected chi connectivity index (χ4v) is 13.9. The fraction of sp³-hybridized carbons (Fsp3) is 0.440. The zero-order valence-electron chi connectivity index (χ0n) is 57.7. The number of aryl methyl sites for hydroxylation is 3. The molecule has 3 aromatic heterocycles. The summed E-state index contributed by atoms with van der Waals surface area (Å²) in [6, 6.07) is 41.7. The van der Waals surface area contributed by atoms with Crippen LogP contribution >= 0.6 is 0 Å². The predicted molar refractivity (Wildman–Crippen MR) is 363 cm³/mol. The first-order chi connectivity index (χ1) is 48.5. The highest BCUT2D eigenvalue weighted by Gasteiger charge is 2.48. The van der Waals surface area contributed by atoms with Gasteiger partial charge < -0.3 is 59.2 Å². The number of alkyl halides is 9. The first kappa shape index (κ1) is 76.4. The molecule has 546 valence electrons. The predicted octanol–water partition coefficient (Wildman–Crippen LogP) is 13.0. The molecule has 0 amide bonds. The summed E-state index contributed by atoms with van der Waals surface area (Å²) in [5, 5.41) is 64.6. The Balaban J connectivity index is 0.000000165. The summed E-state index contributed by atoms with van der Waals surface area (Å²) in [7, 11) is 0. The quantitative estimate of drug-likeness (QED) is 0.0369. The molecule has 3 aliphatic rings. The van der Waals surface area contributed by atoms with E-state index in [1.54, 1.807) is 97.7 Å². The number of aliphatic hydroxyl groups excluding tert-OH is 3. The maximum atomic E-state index is 13.3. The molecule has 0 radical (unpaired) electrons. The third kappa shape index (κ3) is 17.5. The van der Waals surface area contributed by atoms with Crippen molar-refractivity contribution in [3.63, 3.8) is 0 Å². The lowest BCUT2D eigenvalue weighted by molar-refractivity contribution is -0.138. The van der Waals surface area contributed by atoms with Gasteiger partial charge in [0.1, 0.15) is 38.0 Å². The van der Waals surface area contributed by atoms with Gasteiger partial charge in [-0.3, -0.25) is 0 Å². The van der Waals surface area contributed by atoms with Crippen LogP contribution in [0.25, 0.3) is 0 Å². The zero-order valence-corrected chi connectivity index (χ0v) is 57.7. The number of aromatic nitrogens is 9. The number of ether oxygens (including phenoxy) is 3. The largest absolute Gasteiger partial charge is 0.416 e. The molecular weight excluding hydrogens is 1340 g/mol. The van der Waals surface area contributed by atoms with E-state index >= 15 is 0 Å². The lowest BCUT2D eigenvalue weighted by Crippen LogP contribution is -2.60. The van der Waals surface area contributed by atoms with Gasteiger partial charge in [-0.25, -0.2) is 0 Å². The van der Waals surface area contributed by atoms with Crippen molar-refractivity contribution in [1.82, 2.24) is 60.2 Å². The highest BCUT2D eigenvalue weighted by Crippen LogP contribution is 2.44. The van der Waals surface area contributed by atoms with Crippen LogP contribution in [0.15, 0.2) is 184 Å². The van der Waals surface area contributed by atoms with Crippen molar-refractivity contribution in [3.8, 4) is 0 Å². The van der Waals surface area contributed by atoms with E-state index in [1.165, 1.54) is 0 Å². The van der Waals surface area contributed by atoms with E-state index in [0.717, 1.165) is 53.1 Å². The summed E-state index contributed by atoms with van der Waals surface area (Å²) in [5.74, 6) is 0. The molecule has 27 heteroatoms. The van der Waals surface area contributed by atoms with Crippen LogP contribution in [0.1, 0.15) is 144 Å². The van der Waals surface area contributed by atoms with Crippen molar-refractivity contribution in [3.05, 3.63) is 250 Å². The van der Waals surface area contributed by atoms with E-state index in [1.807, 2.05) is 105 Å². The van der Waals surface area contributed by atoms with Gasteiger partial charge in [-0.2, -0.15) is 39.5 Å². The van der Waals surface area contributed by atoms with Crippen LogP contribution in [-0.4, -0.2) is 119 Å². The summed E-state index contributed by atoms with van der Waals surface area (Å²) >= 11 is 0. The number of piperidine rings is 3. The summed E-state index contributed by atoms with van der Waals surface area (Å²) in [5.41, 5.74) is 0.727. The SMILES string of the molecule is Cc1cc([C@H](C)OC[C@@]2(c3ccccc3)CC[C@](CO)(n3cnnc3)CN2)cc(C(F)(F)F)c1.Cc1cc([C@H](C)OC[C@]2(c3ccccc3)CC[C@@](CO)(n3cnnc3)CN2)cc(C(F)(F)F)c1.Cc1cc([C@H](C)OC[C@]2(c3ccccc3)CC[C@](CO)(n3cnnc3)CN2)cc(C(F)(F)F)c1. The molecule has 0 aliphatic carbocycles. The van der Waals surface area contributed by atoms with E-state index in [9.17, 15) is 54.8 Å². The molecule has 9 atom stereocenters. The number of halogens is 9. The van der Waals surface area contributed by atoms with Gasteiger partial charge in [0.15, 0.2) is 0 Å². The Morgan fingerprint density at radius 1 is 0.373 bits per heavy atom. The average molecular weight is 1420 g/mol. The van der Waals surface area contributed by atoms with Gasteiger partial charge in [0.2, 0.25) is 0 Å². The van der Waals surface area contributed by atoms with Crippen molar-refractivity contribution in [2.75, 3.05) is 59.3 Å². The normalized spacial score (nSPS) is 24.2. The lowest BCUT2D eigenvalue weighted by atomic mass is 9.76. The van der Waals surface area contributed by atoms with Crippen molar-refractivity contribution >= 4 is 0 Å². The molecule has 6 aromatic carbocycles. The lowest BCUT2D eigenvalue weighted by Gasteiger charge is -2.47. The van der Waals surface area contributed by atoms with Crippen LogP contribution in [0.3, 0.4) is 0 Å². The number of hydrogen-bond acceptors (Lipinski definition) is 15. The summed E-state index contributed by atoms with van der Waals surface area (Å²) in [6.07, 6.45) is -1.39. The van der Waals surface area contributed by atoms with Crippen LogP contribution in [0.2, 0.25) is 0 Å². The molecule has 6 N–H and O–H groups in total. The Morgan fingerprint density at radius 3 is 0.804 bits per heavy atom. The van der Waals surface area contributed by atoms with Crippen LogP contribution < -0.4 is 16.0 Å². The van der Waals surface area contributed by atoms with Crippen molar-refractivity contribution in [2.45, 2.75) is 150 Å². The van der Waals surface area contributed by atoms with E-state index in [2.05, 4.69) is 46.5 Å². The Kier molecular flexibility index (Phi) is 23.8. The molecule has 18 nitrogen and oxygen atoms in total. The highest BCUT2D eigenvalue weighted by atomic mass is 19.4. The van der Waals surface area contributed by atoms with E-state index in [0.29, 0.717) is 91.5 Å². The standard InChI is InChI=1S/3C25H29F3N4O2/c3*1-18-10-20(12-22(11-18)25(26,27)28)19(2)34-15-24(21-6-4-3-5-7-21)9-8-23(14-33,13-29-24)32-16-30-31-17-32/h3*3-7,10-12,16-17,19,29,33H,8-9,13-15H2,1-2H3/t19-,23+,24-;19-,23-,24+;19-,23-,24-/m000/s1. The maximum Gasteiger partial charge on any atom is 0.416 e. The molecule has 0 saturated carbocycles. The summed E-state index contributed by atoms with van der Waals surface area (Å²) < 4.78 is 144. The second-order valence-electron chi connectivity index (χ2n) is 27.4. The average Bonchev–Trinajstić information content (AvgIpc) is 1.58. The van der Waals surface area contributed by atoms with Crippen LogP contribution in [0, 0.1) is 20.8 Å². The van der Waals surface area contributed by atoms with Crippen LogP contribution in [0.5, 0.6) is 0 Å². The van der Waals surface area contributed by atoms with Gasteiger partial charge in [-0.15, -0.1) is 30.6 Å². The number of hydrogen-bond donors (Lipinski definition) is 6. The second kappa shape index (κ2) is 31.8. The second-order valence-corrected chi connectivity index (χ2v) is 27.4. The minimum atomic E-state index is -4.41. The Hall–Kier alpha value is -8.25. The van der Waals surface area contributed by atoms with Crippen molar-refractivity contribution < 1.29 is 69.0 Å². The number of rotatable bonds is 21. The topological polar surface area (TPSA) is 217 Å². The number of nitrogens with one attached hydrogen (secondary N) is 3. The molecule has 0 spiro atoms. The Bertz CT molecular complexity index is 3650. The van der Waals surface area contributed by atoms with Gasteiger partial charge in [0.25, 0.3) is 0 Å². The van der Waals surface area contributed by atoms with E-state index in [4.69, 9.17) is 14.2 Å². The van der Waals surface area contributed by atoms with Crippen molar-refractivity contribution in [1.29, 1.82) is 0 Å². The smallest absolute Gasteiger partial charge is 0.394 e. The molecule has 0 unspecified atom stereocenters. The first-order valence-electron chi connectivity index (χ1n) is 33.7. The number of aliphatic hydroxyl groups is 3. The zero-order chi connectivity index (χ0) is 73.2.